The molecule has 37 heavy (non-hydrogen) atoms. The maximum absolute atomic E-state index is 12.5. The van der Waals surface area contributed by atoms with E-state index in [4.69, 9.17) is 5.10 Å². The molecule has 3 aromatic carbocycles. The Hall–Kier alpha value is -4.24. The second-order valence-corrected chi connectivity index (χ2v) is 10.2. The molecule has 2 aliphatic heterocycles. The first kappa shape index (κ1) is 24.5. The van der Waals surface area contributed by atoms with Crippen LogP contribution in [-0.4, -0.2) is 26.5 Å². The summed E-state index contributed by atoms with van der Waals surface area (Å²) in [5, 5.41) is 24.8. The molecule has 0 saturated carbocycles. The molecule has 3 aromatic rings. The van der Waals surface area contributed by atoms with Gasteiger partial charge in [-0.3, -0.25) is 14.9 Å². The van der Waals surface area contributed by atoms with Gasteiger partial charge in [0.15, 0.2) is 10.8 Å². The molecule has 1 atom stereocenters. The highest BCUT2D eigenvalue weighted by Gasteiger charge is 2.51. The summed E-state index contributed by atoms with van der Waals surface area (Å²) in [6.45, 7) is 5.79. The minimum atomic E-state index is -1.03. The largest absolute Gasteiger partial charge is 0.292 e. The molecule has 0 amide bonds. The summed E-state index contributed by atoms with van der Waals surface area (Å²) in [5.41, 5.74) is 4.36. The number of non-ortho nitro benzene ring substituents is 1. The Bertz CT molecular complexity index is 1430. The minimum absolute atomic E-state index is 0.0234. The number of allylic oxidation sites excluding steroid dienone is 1. The van der Waals surface area contributed by atoms with Gasteiger partial charge in [0.25, 0.3) is 5.69 Å². The summed E-state index contributed by atoms with van der Waals surface area (Å²) < 4.78 is 0. The molecule has 1 spiro atoms. The van der Waals surface area contributed by atoms with Gasteiger partial charge in [0, 0.05) is 24.6 Å². The van der Waals surface area contributed by atoms with E-state index in [1.165, 1.54) is 36.4 Å². The van der Waals surface area contributed by atoms with Crippen molar-refractivity contribution >= 4 is 45.4 Å². The van der Waals surface area contributed by atoms with Crippen LogP contribution in [0.4, 0.5) is 17.1 Å². The molecule has 5 rings (SSSR count). The SMILES string of the molecule is CC(=O)C1=NN(c2ccc([N+](=O)[O-])cc2)[C@@]2(C=CC(c3ccc(C(C)C)cc3)=NN2c2ccccc2)S1. The third-order valence-corrected chi connectivity index (χ3v) is 7.54. The fourth-order valence-electron chi connectivity index (χ4n) is 4.18. The standard InChI is InChI=1S/C28H25N5O3S/c1-19(2)21-9-11-22(12-10-21)26-17-18-28(31(29-26)23-7-5-4-6-8-23)32(30-27(37-28)20(3)34)24-13-15-25(16-14-24)33(35)36/h4-19H,1-3H3/t28-/m0/s1. The number of thioether (sulfide) groups is 1. The Morgan fingerprint density at radius 2 is 1.54 bits per heavy atom. The number of anilines is 2. The van der Waals surface area contributed by atoms with Crippen molar-refractivity contribution in [1.82, 2.24) is 0 Å². The molecule has 2 aliphatic rings. The van der Waals surface area contributed by atoms with Crippen molar-refractivity contribution in [2.45, 2.75) is 31.7 Å². The lowest BCUT2D eigenvalue weighted by molar-refractivity contribution is -0.384. The third-order valence-electron chi connectivity index (χ3n) is 6.19. The normalized spacial score (nSPS) is 18.8. The number of nitro benzene ring substituents is 1. The fourth-order valence-corrected chi connectivity index (χ4v) is 5.33. The van der Waals surface area contributed by atoms with Crippen LogP contribution in [-0.2, 0) is 4.79 Å². The highest BCUT2D eigenvalue weighted by atomic mass is 32.2. The number of carbonyl (C=O) groups is 1. The van der Waals surface area contributed by atoms with Gasteiger partial charge < -0.3 is 0 Å². The number of benzene rings is 3. The zero-order valence-corrected chi connectivity index (χ0v) is 21.4. The van der Waals surface area contributed by atoms with Gasteiger partial charge in [-0.25, -0.2) is 10.0 Å². The third kappa shape index (κ3) is 4.53. The molecule has 0 unspecified atom stereocenters. The van der Waals surface area contributed by atoms with Gasteiger partial charge in [0.1, 0.15) is 0 Å². The highest BCUT2D eigenvalue weighted by molar-refractivity contribution is 8.17. The lowest BCUT2D eigenvalue weighted by Gasteiger charge is -2.43. The Labute approximate surface area is 219 Å². The summed E-state index contributed by atoms with van der Waals surface area (Å²) in [6.07, 6.45) is 3.91. The quantitative estimate of drug-likeness (QED) is 0.285. The Morgan fingerprint density at radius 1 is 0.919 bits per heavy atom. The lowest BCUT2D eigenvalue weighted by Crippen LogP contribution is -2.53. The first-order valence-electron chi connectivity index (χ1n) is 11.9. The number of nitrogens with zero attached hydrogens (tertiary/aromatic N) is 5. The molecular formula is C28H25N5O3S. The molecule has 2 heterocycles. The van der Waals surface area contributed by atoms with E-state index < -0.39 is 9.92 Å². The number of nitro groups is 1. The molecule has 0 aliphatic carbocycles. The van der Waals surface area contributed by atoms with Crippen molar-refractivity contribution in [3.63, 3.8) is 0 Å². The number of ketones is 1. The van der Waals surface area contributed by atoms with Crippen molar-refractivity contribution in [3.05, 3.63) is 112 Å². The molecule has 0 saturated heterocycles. The highest BCUT2D eigenvalue weighted by Crippen LogP contribution is 2.48. The van der Waals surface area contributed by atoms with Crippen LogP contribution in [0.3, 0.4) is 0 Å². The monoisotopic (exact) mass is 511 g/mol. The second kappa shape index (κ2) is 9.67. The molecule has 0 N–H and O–H groups in total. The molecule has 8 nitrogen and oxygen atoms in total. The fraction of sp³-hybridized carbons (Fsp3) is 0.179. The van der Waals surface area contributed by atoms with Crippen LogP contribution in [0.15, 0.2) is 101 Å². The van der Waals surface area contributed by atoms with Crippen LogP contribution < -0.4 is 10.0 Å². The van der Waals surface area contributed by atoms with Gasteiger partial charge in [-0.2, -0.15) is 10.2 Å². The van der Waals surface area contributed by atoms with Crippen molar-refractivity contribution in [3.8, 4) is 0 Å². The molecule has 0 radical (unpaired) electrons. The van der Waals surface area contributed by atoms with Gasteiger partial charge >= 0.3 is 0 Å². The Balaban J connectivity index is 1.63. The van der Waals surface area contributed by atoms with Gasteiger partial charge in [-0.1, -0.05) is 56.3 Å². The molecule has 0 bridgehead atoms. The molecule has 0 fully saturated rings. The van der Waals surface area contributed by atoms with E-state index in [-0.39, 0.29) is 11.5 Å². The lowest BCUT2D eigenvalue weighted by atomic mass is 10.00. The summed E-state index contributed by atoms with van der Waals surface area (Å²) in [5.74, 6) is 0.253. The van der Waals surface area contributed by atoms with Gasteiger partial charge in [-0.05, 0) is 59.7 Å². The summed E-state index contributed by atoms with van der Waals surface area (Å²) in [6, 6.07) is 24.1. The Morgan fingerprint density at radius 3 is 2.14 bits per heavy atom. The van der Waals surface area contributed by atoms with Gasteiger partial charge in [-0.15, -0.1) is 0 Å². The number of rotatable bonds is 6. The average molecular weight is 512 g/mol. The van der Waals surface area contributed by atoms with E-state index >= 15 is 0 Å². The molecule has 0 aromatic heterocycles. The topological polar surface area (TPSA) is 91.4 Å². The summed E-state index contributed by atoms with van der Waals surface area (Å²) >= 11 is 1.29. The van der Waals surface area contributed by atoms with Crippen molar-refractivity contribution < 1.29 is 9.72 Å². The van der Waals surface area contributed by atoms with Crippen LogP contribution in [0.5, 0.6) is 0 Å². The number of hydrogen-bond acceptors (Lipinski definition) is 8. The predicted octanol–water partition coefficient (Wildman–Crippen LogP) is 6.31. The van der Waals surface area contributed by atoms with Crippen molar-refractivity contribution in [2.24, 2.45) is 10.2 Å². The van der Waals surface area contributed by atoms with E-state index in [1.807, 2.05) is 47.5 Å². The minimum Gasteiger partial charge on any atom is -0.292 e. The second-order valence-electron chi connectivity index (χ2n) is 9.05. The van der Waals surface area contributed by atoms with Crippen LogP contribution >= 0.6 is 11.8 Å². The van der Waals surface area contributed by atoms with E-state index in [2.05, 4.69) is 43.2 Å². The number of Topliss-reactive ketones (excluding diaryl/α,β-unsaturated/α-hetero) is 1. The maximum Gasteiger partial charge on any atom is 0.269 e. The number of hydrazone groups is 2. The van der Waals surface area contributed by atoms with Crippen molar-refractivity contribution in [2.75, 3.05) is 10.0 Å². The Kier molecular flexibility index (Phi) is 6.39. The van der Waals surface area contributed by atoms with Gasteiger partial charge in [0.2, 0.25) is 4.99 Å². The van der Waals surface area contributed by atoms with E-state index in [0.29, 0.717) is 16.6 Å². The van der Waals surface area contributed by atoms with E-state index in [9.17, 15) is 14.9 Å². The summed E-state index contributed by atoms with van der Waals surface area (Å²) in [7, 11) is 0. The first-order chi connectivity index (χ1) is 17.8. The zero-order valence-electron chi connectivity index (χ0n) is 20.6. The molecule has 9 heteroatoms. The predicted molar refractivity (Wildman–Crippen MR) is 149 cm³/mol. The first-order valence-corrected chi connectivity index (χ1v) is 12.7. The van der Waals surface area contributed by atoms with Crippen LogP contribution in [0.1, 0.15) is 37.8 Å². The maximum atomic E-state index is 12.5. The van der Waals surface area contributed by atoms with Crippen LogP contribution in [0.2, 0.25) is 0 Å². The summed E-state index contributed by atoms with van der Waals surface area (Å²) in [4.78, 5) is 22.2. The van der Waals surface area contributed by atoms with E-state index in [0.717, 1.165) is 17.0 Å². The van der Waals surface area contributed by atoms with Crippen LogP contribution in [0.25, 0.3) is 0 Å². The van der Waals surface area contributed by atoms with Gasteiger partial charge in [0.05, 0.1) is 22.0 Å². The smallest absolute Gasteiger partial charge is 0.269 e. The van der Waals surface area contributed by atoms with Crippen molar-refractivity contribution in [1.29, 1.82) is 0 Å². The molecule has 186 valence electrons. The average Bonchev–Trinajstić information content (AvgIpc) is 3.29. The molecular weight excluding hydrogens is 486 g/mol. The zero-order chi connectivity index (χ0) is 26.2. The number of hydrogen-bond donors (Lipinski definition) is 0. The number of carbonyl (C=O) groups excluding carboxylic acids is 1. The number of para-hydroxylation sites is 1. The van der Waals surface area contributed by atoms with Crippen LogP contribution in [0, 0.1) is 10.1 Å². The van der Waals surface area contributed by atoms with E-state index in [1.54, 1.807) is 17.1 Å².